The molecule has 0 aliphatic rings. The summed E-state index contributed by atoms with van der Waals surface area (Å²) in [5.41, 5.74) is 8.78. The zero-order chi connectivity index (χ0) is 10.4. The Morgan fingerprint density at radius 2 is 2.07 bits per heavy atom. The van der Waals surface area contributed by atoms with Gasteiger partial charge in [0.2, 0.25) is 0 Å². The summed E-state index contributed by atoms with van der Waals surface area (Å²) < 4.78 is 0. The lowest BCUT2D eigenvalue weighted by Crippen LogP contribution is -2.10. The first-order valence-electron chi connectivity index (χ1n) is 5.62. The predicted molar refractivity (Wildman–Crippen MR) is 62.3 cm³/mol. The minimum atomic E-state index is 0.224. The normalized spacial score (nSPS) is 12.8. The number of nitrogens with two attached hydrogens (primary N) is 1. The number of benzene rings is 1. The van der Waals surface area contributed by atoms with Gasteiger partial charge < -0.3 is 5.73 Å². The Morgan fingerprint density at radius 3 is 2.71 bits per heavy atom. The third-order valence-electron chi connectivity index (χ3n) is 2.66. The monoisotopic (exact) mass is 191 g/mol. The molecule has 1 rings (SSSR count). The fourth-order valence-electron chi connectivity index (χ4n) is 1.63. The molecule has 0 saturated carbocycles. The van der Waals surface area contributed by atoms with Gasteiger partial charge in [-0.3, -0.25) is 0 Å². The van der Waals surface area contributed by atoms with Gasteiger partial charge in [-0.2, -0.15) is 0 Å². The maximum atomic E-state index is 6.10. The van der Waals surface area contributed by atoms with Crippen LogP contribution >= 0.6 is 0 Å². The molecule has 0 saturated heterocycles. The van der Waals surface area contributed by atoms with E-state index in [4.69, 9.17) is 5.73 Å². The number of hydrogen-bond acceptors (Lipinski definition) is 1. The number of unbranched alkanes of at least 4 members (excludes halogenated alkanes) is 1. The van der Waals surface area contributed by atoms with Gasteiger partial charge in [0, 0.05) is 6.04 Å². The maximum absolute atomic E-state index is 6.10. The van der Waals surface area contributed by atoms with Crippen LogP contribution in [-0.4, -0.2) is 0 Å². The second-order valence-corrected chi connectivity index (χ2v) is 3.85. The van der Waals surface area contributed by atoms with Gasteiger partial charge >= 0.3 is 0 Å². The summed E-state index contributed by atoms with van der Waals surface area (Å²) >= 11 is 0. The molecule has 0 fully saturated rings. The van der Waals surface area contributed by atoms with Crippen molar-refractivity contribution in [3.8, 4) is 0 Å². The molecule has 0 aliphatic heterocycles. The van der Waals surface area contributed by atoms with Gasteiger partial charge in [0.1, 0.15) is 0 Å². The van der Waals surface area contributed by atoms with Gasteiger partial charge in [-0.15, -0.1) is 0 Å². The van der Waals surface area contributed by atoms with Crippen molar-refractivity contribution in [1.82, 2.24) is 0 Å². The second kappa shape index (κ2) is 5.82. The molecule has 0 radical (unpaired) electrons. The molecule has 0 spiro atoms. The minimum Gasteiger partial charge on any atom is -0.324 e. The lowest BCUT2D eigenvalue weighted by Gasteiger charge is -2.12. The molecule has 0 heterocycles. The Labute approximate surface area is 87.3 Å². The summed E-state index contributed by atoms with van der Waals surface area (Å²) in [6, 6.07) is 8.87. The van der Waals surface area contributed by atoms with Gasteiger partial charge in [0.25, 0.3) is 0 Å². The highest BCUT2D eigenvalue weighted by atomic mass is 14.6. The highest BCUT2D eigenvalue weighted by Gasteiger charge is 2.04. The molecule has 1 nitrogen and oxygen atoms in total. The Bertz CT molecular complexity index is 268. The van der Waals surface area contributed by atoms with Crippen LogP contribution in [0.25, 0.3) is 0 Å². The lowest BCUT2D eigenvalue weighted by molar-refractivity contribution is 0.603. The van der Waals surface area contributed by atoms with Gasteiger partial charge in [-0.25, -0.2) is 0 Å². The van der Waals surface area contributed by atoms with Crippen molar-refractivity contribution < 1.29 is 0 Å². The molecule has 0 bridgehead atoms. The van der Waals surface area contributed by atoms with E-state index in [9.17, 15) is 0 Å². The summed E-state index contributed by atoms with van der Waals surface area (Å²) in [5.74, 6) is 0. The molecule has 1 aromatic carbocycles. The van der Waals surface area contributed by atoms with E-state index in [-0.39, 0.29) is 6.04 Å². The van der Waals surface area contributed by atoms with E-state index in [0.717, 1.165) is 12.8 Å². The molecule has 1 aromatic rings. The fourth-order valence-corrected chi connectivity index (χ4v) is 1.63. The lowest BCUT2D eigenvalue weighted by atomic mass is 9.99. The molecule has 0 unspecified atom stereocenters. The van der Waals surface area contributed by atoms with Crippen LogP contribution in [0.2, 0.25) is 0 Å². The Balaban J connectivity index is 2.64. The highest BCUT2D eigenvalue weighted by Crippen LogP contribution is 2.17. The van der Waals surface area contributed by atoms with E-state index in [1.807, 2.05) is 0 Å². The Kier molecular flexibility index (Phi) is 4.68. The van der Waals surface area contributed by atoms with E-state index in [0.29, 0.717) is 0 Å². The van der Waals surface area contributed by atoms with Gasteiger partial charge in [0.15, 0.2) is 0 Å². The molecule has 2 N–H and O–H groups in total. The van der Waals surface area contributed by atoms with Gasteiger partial charge in [0.05, 0.1) is 0 Å². The van der Waals surface area contributed by atoms with Crippen molar-refractivity contribution in [2.24, 2.45) is 5.73 Å². The molecule has 0 aliphatic carbocycles. The topological polar surface area (TPSA) is 26.0 Å². The van der Waals surface area contributed by atoms with Crippen LogP contribution in [0.4, 0.5) is 0 Å². The van der Waals surface area contributed by atoms with E-state index in [1.165, 1.54) is 24.0 Å². The summed E-state index contributed by atoms with van der Waals surface area (Å²) in [4.78, 5) is 0. The van der Waals surface area contributed by atoms with Gasteiger partial charge in [-0.05, 0) is 24.0 Å². The standard InChI is InChI=1S/C13H21N/c1-3-5-9-13(14)12-8-6-7-11(4-2)10-12/h6-8,10,13H,3-5,9,14H2,1-2H3/t13-/m1/s1. The number of aryl methyl sites for hydroxylation is 1. The van der Waals surface area contributed by atoms with Crippen molar-refractivity contribution in [3.63, 3.8) is 0 Å². The Hall–Kier alpha value is -0.820. The van der Waals surface area contributed by atoms with Crippen molar-refractivity contribution in [1.29, 1.82) is 0 Å². The molecule has 0 amide bonds. The van der Waals surface area contributed by atoms with Crippen LogP contribution in [0.1, 0.15) is 50.3 Å². The Morgan fingerprint density at radius 1 is 1.29 bits per heavy atom. The largest absolute Gasteiger partial charge is 0.324 e. The molecule has 14 heavy (non-hydrogen) atoms. The smallest absolute Gasteiger partial charge is 0.0294 e. The highest BCUT2D eigenvalue weighted by molar-refractivity contribution is 5.25. The molecular weight excluding hydrogens is 170 g/mol. The quantitative estimate of drug-likeness (QED) is 0.758. The predicted octanol–water partition coefficient (Wildman–Crippen LogP) is 3.44. The first-order chi connectivity index (χ1) is 6.77. The summed E-state index contributed by atoms with van der Waals surface area (Å²) in [7, 11) is 0. The average Bonchev–Trinajstić information content (AvgIpc) is 2.26. The third kappa shape index (κ3) is 3.15. The van der Waals surface area contributed by atoms with E-state index >= 15 is 0 Å². The van der Waals surface area contributed by atoms with Crippen molar-refractivity contribution in [2.75, 3.05) is 0 Å². The number of hydrogen-bond donors (Lipinski definition) is 1. The van der Waals surface area contributed by atoms with Crippen LogP contribution in [0, 0.1) is 0 Å². The number of rotatable bonds is 5. The van der Waals surface area contributed by atoms with Crippen LogP contribution in [0.3, 0.4) is 0 Å². The second-order valence-electron chi connectivity index (χ2n) is 3.85. The maximum Gasteiger partial charge on any atom is 0.0294 e. The molecule has 78 valence electrons. The summed E-state index contributed by atoms with van der Waals surface area (Å²) in [6.45, 7) is 4.38. The van der Waals surface area contributed by atoms with Crippen molar-refractivity contribution in [3.05, 3.63) is 35.4 Å². The SMILES string of the molecule is CCCC[C@@H](N)c1cccc(CC)c1. The minimum absolute atomic E-state index is 0.224. The summed E-state index contributed by atoms with van der Waals surface area (Å²) in [6.07, 6.45) is 4.64. The summed E-state index contributed by atoms with van der Waals surface area (Å²) in [5, 5.41) is 0. The van der Waals surface area contributed by atoms with Crippen LogP contribution in [-0.2, 0) is 6.42 Å². The molecule has 1 heteroatoms. The van der Waals surface area contributed by atoms with Crippen molar-refractivity contribution in [2.45, 2.75) is 45.6 Å². The van der Waals surface area contributed by atoms with E-state index < -0.39 is 0 Å². The molecular formula is C13H21N. The van der Waals surface area contributed by atoms with Gasteiger partial charge in [-0.1, -0.05) is 51.0 Å². The first kappa shape index (κ1) is 11.3. The zero-order valence-electron chi connectivity index (χ0n) is 9.29. The first-order valence-corrected chi connectivity index (χ1v) is 5.62. The average molecular weight is 191 g/mol. The van der Waals surface area contributed by atoms with Crippen LogP contribution < -0.4 is 5.73 Å². The molecule has 1 atom stereocenters. The third-order valence-corrected chi connectivity index (χ3v) is 2.66. The van der Waals surface area contributed by atoms with Crippen LogP contribution in [0.15, 0.2) is 24.3 Å². The van der Waals surface area contributed by atoms with E-state index in [1.54, 1.807) is 0 Å². The van der Waals surface area contributed by atoms with Crippen LogP contribution in [0.5, 0.6) is 0 Å². The fraction of sp³-hybridized carbons (Fsp3) is 0.538. The van der Waals surface area contributed by atoms with E-state index in [2.05, 4.69) is 38.1 Å². The molecule has 0 aromatic heterocycles. The zero-order valence-corrected chi connectivity index (χ0v) is 9.29. The van der Waals surface area contributed by atoms with Crippen molar-refractivity contribution >= 4 is 0 Å².